The van der Waals surface area contributed by atoms with Crippen LogP contribution in [-0.4, -0.2) is 34.3 Å². The summed E-state index contributed by atoms with van der Waals surface area (Å²) in [7, 11) is 0. The maximum atomic E-state index is 10.1. The van der Waals surface area contributed by atoms with Crippen molar-refractivity contribution in [2.75, 3.05) is 13.2 Å². The number of nitrogens with one attached hydrogen (secondary N) is 1. The lowest BCUT2D eigenvalue weighted by Gasteiger charge is -2.07. The zero-order valence-corrected chi connectivity index (χ0v) is 8.58. The molecule has 1 aromatic heterocycles. The predicted octanol–water partition coefficient (Wildman–Crippen LogP) is 1.04. The first-order chi connectivity index (χ1) is 6.20. The molecule has 0 bridgehead atoms. The number of aromatic nitrogens is 2. The zero-order chi connectivity index (χ0) is 9.68. The summed E-state index contributed by atoms with van der Waals surface area (Å²) in [6, 6.07) is 0. The quantitative estimate of drug-likeness (QED) is 0.778. The summed E-state index contributed by atoms with van der Waals surface area (Å²) >= 11 is 0. The molecule has 14 heavy (non-hydrogen) atoms. The second-order valence-electron chi connectivity index (χ2n) is 2.78. The maximum absolute atomic E-state index is 10.1. The van der Waals surface area contributed by atoms with E-state index in [2.05, 4.69) is 9.97 Å². The van der Waals surface area contributed by atoms with Crippen LogP contribution in [0.15, 0.2) is 12.4 Å². The Balaban J connectivity index is 0.00000169. The van der Waals surface area contributed by atoms with Crippen LogP contribution >= 0.6 is 12.4 Å². The third-order valence-corrected chi connectivity index (χ3v) is 1.58. The number of nitrogens with zero attached hydrogens (tertiary/aromatic N) is 1. The first kappa shape index (κ1) is 12.9. The SMILES string of the molecule is C[C@@H](COCC(=O)O)c1ncc[nH]1.Cl. The Hall–Kier alpha value is -1.07. The number of aliphatic carboxylic acids is 1. The number of aromatic amines is 1. The molecule has 1 atom stereocenters. The van der Waals surface area contributed by atoms with Crippen molar-refractivity contribution in [2.45, 2.75) is 12.8 Å². The van der Waals surface area contributed by atoms with Crippen molar-refractivity contribution in [1.82, 2.24) is 9.97 Å². The number of carbonyl (C=O) groups is 1. The van der Waals surface area contributed by atoms with Crippen molar-refractivity contribution in [2.24, 2.45) is 0 Å². The van der Waals surface area contributed by atoms with Gasteiger partial charge in [-0.1, -0.05) is 6.92 Å². The van der Waals surface area contributed by atoms with E-state index in [4.69, 9.17) is 9.84 Å². The summed E-state index contributed by atoms with van der Waals surface area (Å²) < 4.78 is 4.92. The first-order valence-electron chi connectivity index (χ1n) is 3.99. The molecular weight excluding hydrogens is 208 g/mol. The molecule has 5 nitrogen and oxygen atoms in total. The normalized spacial score (nSPS) is 11.8. The molecule has 0 aliphatic heterocycles. The summed E-state index contributed by atoms with van der Waals surface area (Å²) in [5.41, 5.74) is 0. The zero-order valence-electron chi connectivity index (χ0n) is 7.77. The largest absolute Gasteiger partial charge is 0.480 e. The number of hydrogen-bond donors (Lipinski definition) is 2. The van der Waals surface area contributed by atoms with Crippen molar-refractivity contribution in [3.8, 4) is 0 Å². The van der Waals surface area contributed by atoms with Gasteiger partial charge in [-0.25, -0.2) is 9.78 Å². The average Bonchev–Trinajstić information content (AvgIpc) is 2.55. The van der Waals surface area contributed by atoms with Gasteiger partial charge in [-0.15, -0.1) is 12.4 Å². The average molecular weight is 221 g/mol. The molecule has 1 heterocycles. The van der Waals surface area contributed by atoms with E-state index in [1.807, 2.05) is 6.92 Å². The molecule has 0 fully saturated rings. The van der Waals surface area contributed by atoms with E-state index in [1.165, 1.54) is 0 Å². The molecule has 0 aromatic carbocycles. The number of imidazole rings is 1. The van der Waals surface area contributed by atoms with Crippen molar-refractivity contribution < 1.29 is 14.6 Å². The first-order valence-corrected chi connectivity index (χ1v) is 3.99. The topological polar surface area (TPSA) is 75.2 Å². The highest BCUT2D eigenvalue weighted by Crippen LogP contribution is 2.08. The highest BCUT2D eigenvalue weighted by atomic mass is 35.5. The van der Waals surface area contributed by atoms with Crippen molar-refractivity contribution in [3.63, 3.8) is 0 Å². The number of H-pyrrole nitrogens is 1. The molecule has 0 aliphatic carbocycles. The number of rotatable bonds is 5. The van der Waals surface area contributed by atoms with Crippen molar-refractivity contribution in [3.05, 3.63) is 18.2 Å². The van der Waals surface area contributed by atoms with Crippen LogP contribution in [0.1, 0.15) is 18.7 Å². The second-order valence-corrected chi connectivity index (χ2v) is 2.78. The minimum absolute atomic E-state index is 0. The van der Waals surface area contributed by atoms with Gasteiger partial charge in [-0.3, -0.25) is 0 Å². The van der Waals surface area contributed by atoms with Gasteiger partial charge in [0.05, 0.1) is 6.61 Å². The van der Waals surface area contributed by atoms with Crippen LogP contribution in [0.4, 0.5) is 0 Å². The lowest BCUT2D eigenvalue weighted by atomic mass is 10.2. The maximum Gasteiger partial charge on any atom is 0.329 e. The number of carboxylic acids is 1. The molecule has 0 aliphatic rings. The van der Waals surface area contributed by atoms with E-state index >= 15 is 0 Å². The third kappa shape index (κ3) is 4.25. The molecule has 1 rings (SSSR count). The van der Waals surface area contributed by atoms with Crippen molar-refractivity contribution in [1.29, 1.82) is 0 Å². The van der Waals surface area contributed by atoms with E-state index in [0.717, 1.165) is 5.82 Å². The molecule has 1 aromatic rings. The molecule has 0 unspecified atom stereocenters. The van der Waals surface area contributed by atoms with E-state index < -0.39 is 5.97 Å². The van der Waals surface area contributed by atoms with E-state index in [-0.39, 0.29) is 24.9 Å². The van der Waals surface area contributed by atoms with Crippen LogP contribution in [0.5, 0.6) is 0 Å². The fourth-order valence-electron chi connectivity index (χ4n) is 0.949. The van der Waals surface area contributed by atoms with Gasteiger partial charge < -0.3 is 14.8 Å². The summed E-state index contributed by atoms with van der Waals surface area (Å²) in [5.74, 6) is -0.0496. The molecule has 0 saturated heterocycles. The Morgan fingerprint density at radius 1 is 1.79 bits per heavy atom. The molecule has 2 N–H and O–H groups in total. The number of halogens is 1. The lowest BCUT2D eigenvalue weighted by molar-refractivity contribution is -0.142. The van der Waals surface area contributed by atoms with Gasteiger partial charge in [-0.2, -0.15) is 0 Å². The Kier molecular flexibility index (Phi) is 5.91. The van der Waals surface area contributed by atoms with E-state index in [1.54, 1.807) is 12.4 Å². The van der Waals surface area contributed by atoms with E-state index in [9.17, 15) is 4.79 Å². The molecule has 0 saturated carbocycles. The highest BCUT2D eigenvalue weighted by molar-refractivity contribution is 5.85. The van der Waals surface area contributed by atoms with Gasteiger partial charge in [-0.05, 0) is 0 Å². The van der Waals surface area contributed by atoms with Crippen molar-refractivity contribution >= 4 is 18.4 Å². The van der Waals surface area contributed by atoms with Crippen LogP contribution in [0, 0.1) is 0 Å². The predicted molar refractivity (Wildman–Crippen MR) is 52.7 cm³/mol. The standard InChI is InChI=1S/C8H12N2O3.ClH/c1-6(4-13-5-7(11)12)8-9-2-3-10-8;/h2-3,6H,4-5H2,1H3,(H,9,10)(H,11,12);1H/t6-;/m0./s1. The Labute approximate surface area is 87.9 Å². The molecular formula is C8H13ClN2O3. The third-order valence-electron chi connectivity index (χ3n) is 1.58. The van der Waals surface area contributed by atoms with Gasteiger partial charge in [0.2, 0.25) is 0 Å². The number of hydrogen-bond acceptors (Lipinski definition) is 3. The Bertz CT molecular complexity index is 264. The van der Waals surface area contributed by atoms with Gasteiger partial charge >= 0.3 is 5.97 Å². The molecule has 0 amide bonds. The fourth-order valence-corrected chi connectivity index (χ4v) is 0.949. The van der Waals surface area contributed by atoms with Crippen LogP contribution < -0.4 is 0 Å². The van der Waals surface area contributed by atoms with Gasteiger partial charge in [0.1, 0.15) is 12.4 Å². The fraction of sp³-hybridized carbons (Fsp3) is 0.500. The summed E-state index contributed by atoms with van der Waals surface area (Å²) in [4.78, 5) is 17.1. The number of ether oxygens (including phenoxy) is 1. The summed E-state index contributed by atoms with van der Waals surface area (Å²) in [6.45, 7) is 2.02. The van der Waals surface area contributed by atoms with Gasteiger partial charge in [0, 0.05) is 18.3 Å². The minimum atomic E-state index is -0.952. The van der Waals surface area contributed by atoms with Gasteiger partial charge in [0.25, 0.3) is 0 Å². The van der Waals surface area contributed by atoms with Crippen LogP contribution in [0.25, 0.3) is 0 Å². The lowest BCUT2D eigenvalue weighted by Crippen LogP contribution is -2.12. The number of carboxylic acid groups (broad SMARTS) is 1. The molecule has 6 heteroatoms. The minimum Gasteiger partial charge on any atom is -0.480 e. The highest BCUT2D eigenvalue weighted by Gasteiger charge is 2.08. The van der Waals surface area contributed by atoms with Crippen LogP contribution in [0.3, 0.4) is 0 Å². The molecule has 80 valence electrons. The summed E-state index contributed by atoms with van der Waals surface area (Å²) in [6.07, 6.45) is 3.38. The molecule has 0 spiro atoms. The Morgan fingerprint density at radius 3 is 3.00 bits per heavy atom. The molecule has 0 radical (unpaired) electrons. The second kappa shape index (κ2) is 6.39. The van der Waals surface area contributed by atoms with Crippen LogP contribution in [0.2, 0.25) is 0 Å². The van der Waals surface area contributed by atoms with Gasteiger partial charge in [0.15, 0.2) is 0 Å². The van der Waals surface area contributed by atoms with E-state index in [0.29, 0.717) is 6.61 Å². The Morgan fingerprint density at radius 2 is 2.50 bits per heavy atom. The summed E-state index contributed by atoms with van der Waals surface area (Å²) in [5, 5.41) is 8.31. The smallest absolute Gasteiger partial charge is 0.329 e. The monoisotopic (exact) mass is 220 g/mol. The van der Waals surface area contributed by atoms with Crippen LogP contribution in [-0.2, 0) is 9.53 Å².